The van der Waals surface area contributed by atoms with Gasteiger partial charge in [-0.15, -0.1) is 0 Å². The Morgan fingerprint density at radius 2 is 1.94 bits per heavy atom. The number of carbonyl (C=O) groups excluding carboxylic acids is 1. The van der Waals surface area contributed by atoms with Crippen LogP contribution in [0.25, 0.3) is 0 Å². The predicted octanol–water partition coefficient (Wildman–Crippen LogP) is 1.98. The molecule has 16 heavy (non-hydrogen) atoms. The van der Waals surface area contributed by atoms with Crippen LogP contribution in [0.4, 0.5) is 0 Å². The first-order valence-electron chi connectivity index (χ1n) is 6.63. The second-order valence-electron chi connectivity index (χ2n) is 4.94. The van der Waals surface area contributed by atoms with Crippen LogP contribution in [0.2, 0.25) is 0 Å². The highest BCUT2D eigenvalue weighted by molar-refractivity contribution is 5.77. The Morgan fingerprint density at radius 1 is 1.31 bits per heavy atom. The summed E-state index contributed by atoms with van der Waals surface area (Å²) in [4.78, 5) is 16.0. The van der Waals surface area contributed by atoms with Gasteiger partial charge >= 0.3 is 0 Å². The molecule has 1 saturated heterocycles. The molecule has 94 valence electrons. The zero-order valence-corrected chi connectivity index (χ0v) is 11.0. The number of likely N-dealkylation sites (N-methyl/N-ethyl adjacent to an activating group) is 1. The Balaban J connectivity index is 2.25. The monoisotopic (exact) mass is 226 g/mol. The van der Waals surface area contributed by atoms with Gasteiger partial charge in [0.05, 0.1) is 6.54 Å². The van der Waals surface area contributed by atoms with E-state index in [0.29, 0.717) is 6.54 Å². The molecule has 0 aromatic carbocycles. The number of amides is 1. The highest BCUT2D eigenvalue weighted by Gasteiger charge is 2.20. The molecule has 1 rings (SSSR count). The molecule has 0 atom stereocenters. The summed E-state index contributed by atoms with van der Waals surface area (Å²) in [7, 11) is 1.91. The minimum atomic E-state index is 0.275. The Labute approximate surface area is 99.8 Å². The molecular weight excluding hydrogens is 200 g/mol. The zero-order valence-electron chi connectivity index (χ0n) is 11.0. The van der Waals surface area contributed by atoms with E-state index in [1.807, 2.05) is 11.9 Å². The molecule has 1 aliphatic heterocycles. The fourth-order valence-electron chi connectivity index (χ4n) is 2.32. The van der Waals surface area contributed by atoms with Crippen molar-refractivity contribution in [2.45, 2.75) is 39.5 Å². The molecule has 0 bridgehead atoms. The predicted molar refractivity (Wildman–Crippen MR) is 67.4 cm³/mol. The topological polar surface area (TPSA) is 23.6 Å². The van der Waals surface area contributed by atoms with Gasteiger partial charge < -0.3 is 4.90 Å². The molecule has 0 unspecified atom stereocenters. The third-order valence-corrected chi connectivity index (χ3v) is 3.63. The smallest absolute Gasteiger partial charge is 0.236 e. The highest BCUT2D eigenvalue weighted by atomic mass is 16.2. The minimum Gasteiger partial charge on any atom is -0.345 e. The quantitative estimate of drug-likeness (QED) is 0.715. The number of rotatable bonds is 5. The van der Waals surface area contributed by atoms with Crippen LogP contribution < -0.4 is 0 Å². The van der Waals surface area contributed by atoms with Gasteiger partial charge in [0, 0.05) is 13.6 Å². The van der Waals surface area contributed by atoms with Gasteiger partial charge in [-0.1, -0.05) is 20.3 Å². The maximum atomic E-state index is 11.8. The Kier molecular flexibility index (Phi) is 5.81. The van der Waals surface area contributed by atoms with E-state index in [9.17, 15) is 4.79 Å². The first kappa shape index (κ1) is 13.5. The lowest BCUT2D eigenvalue weighted by atomic mass is 9.94. The van der Waals surface area contributed by atoms with Crippen molar-refractivity contribution in [2.24, 2.45) is 5.92 Å². The molecule has 0 radical (unpaired) electrons. The van der Waals surface area contributed by atoms with Gasteiger partial charge in [-0.25, -0.2) is 0 Å². The average Bonchev–Trinajstić information content (AvgIpc) is 2.30. The van der Waals surface area contributed by atoms with Crippen molar-refractivity contribution in [1.29, 1.82) is 0 Å². The van der Waals surface area contributed by atoms with Crippen molar-refractivity contribution in [3.8, 4) is 0 Å². The number of nitrogens with zero attached hydrogens (tertiary/aromatic N) is 2. The largest absolute Gasteiger partial charge is 0.345 e. The van der Waals surface area contributed by atoms with Crippen LogP contribution >= 0.6 is 0 Å². The van der Waals surface area contributed by atoms with Crippen molar-refractivity contribution in [3.63, 3.8) is 0 Å². The van der Waals surface area contributed by atoms with Crippen LogP contribution in [-0.4, -0.2) is 48.9 Å². The first-order chi connectivity index (χ1) is 7.67. The van der Waals surface area contributed by atoms with E-state index >= 15 is 0 Å². The molecule has 0 spiro atoms. The Hall–Kier alpha value is -0.570. The van der Waals surface area contributed by atoms with Crippen molar-refractivity contribution in [2.75, 3.05) is 33.2 Å². The second-order valence-corrected chi connectivity index (χ2v) is 4.94. The second kappa shape index (κ2) is 6.89. The fraction of sp³-hybridized carbons (Fsp3) is 0.923. The summed E-state index contributed by atoms with van der Waals surface area (Å²) >= 11 is 0. The maximum Gasteiger partial charge on any atom is 0.236 e. The zero-order chi connectivity index (χ0) is 12.0. The van der Waals surface area contributed by atoms with Crippen LogP contribution in [0.3, 0.4) is 0 Å². The van der Waals surface area contributed by atoms with E-state index in [0.717, 1.165) is 32.0 Å². The van der Waals surface area contributed by atoms with E-state index in [-0.39, 0.29) is 5.91 Å². The molecule has 0 saturated carbocycles. The van der Waals surface area contributed by atoms with Crippen molar-refractivity contribution in [3.05, 3.63) is 0 Å². The average molecular weight is 226 g/mol. The number of carbonyl (C=O) groups is 1. The van der Waals surface area contributed by atoms with Gasteiger partial charge in [-0.3, -0.25) is 9.69 Å². The van der Waals surface area contributed by atoms with Gasteiger partial charge in [0.2, 0.25) is 5.91 Å². The van der Waals surface area contributed by atoms with Gasteiger partial charge in [-0.2, -0.15) is 0 Å². The number of hydrogen-bond acceptors (Lipinski definition) is 2. The molecule has 0 aromatic heterocycles. The summed E-state index contributed by atoms with van der Waals surface area (Å²) in [6, 6.07) is 0. The van der Waals surface area contributed by atoms with Crippen LogP contribution in [0, 0.1) is 5.92 Å². The summed E-state index contributed by atoms with van der Waals surface area (Å²) in [5.74, 6) is 1.16. The Bertz CT molecular complexity index is 210. The first-order valence-corrected chi connectivity index (χ1v) is 6.63. The SMILES string of the molecule is CCCN(C)C(=O)CN1CCC(CC)CC1. The number of likely N-dealkylation sites (tertiary alicyclic amines) is 1. The molecule has 1 heterocycles. The van der Waals surface area contributed by atoms with Crippen LogP contribution in [0.5, 0.6) is 0 Å². The lowest BCUT2D eigenvalue weighted by molar-refractivity contribution is -0.131. The van der Waals surface area contributed by atoms with Crippen LogP contribution in [0.1, 0.15) is 39.5 Å². The number of piperidine rings is 1. The van der Waals surface area contributed by atoms with E-state index in [1.54, 1.807) is 0 Å². The summed E-state index contributed by atoms with van der Waals surface area (Å²) in [6.07, 6.45) is 4.86. The third kappa shape index (κ3) is 4.12. The molecule has 1 aliphatic rings. The fourth-order valence-corrected chi connectivity index (χ4v) is 2.32. The molecular formula is C13H26N2O. The van der Waals surface area contributed by atoms with Gasteiger partial charge in [0.25, 0.3) is 0 Å². The molecule has 3 nitrogen and oxygen atoms in total. The van der Waals surface area contributed by atoms with E-state index in [4.69, 9.17) is 0 Å². The standard InChI is InChI=1S/C13H26N2O/c1-4-8-14(3)13(16)11-15-9-6-12(5-2)7-10-15/h12H,4-11H2,1-3H3. The summed E-state index contributed by atoms with van der Waals surface area (Å²) in [6.45, 7) is 8.07. The van der Waals surface area contributed by atoms with Crippen molar-refractivity contribution >= 4 is 5.91 Å². The summed E-state index contributed by atoms with van der Waals surface area (Å²) in [5, 5.41) is 0. The molecule has 0 N–H and O–H groups in total. The van der Waals surface area contributed by atoms with Crippen LogP contribution in [-0.2, 0) is 4.79 Å². The van der Waals surface area contributed by atoms with E-state index in [2.05, 4.69) is 18.7 Å². The van der Waals surface area contributed by atoms with Gasteiger partial charge in [-0.05, 0) is 38.3 Å². The lowest BCUT2D eigenvalue weighted by Crippen LogP contribution is -2.42. The minimum absolute atomic E-state index is 0.275. The number of hydrogen-bond donors (Lipinski definition) is 0. The molecule has 3 heteroatoms. The molecule has 0 aromatic rings. The molecule has 1 fully saturated rings. The lowest BCUT2D eigenvalue weighted by Gasteiger charge is -2.32. The van der Waals surface area contributed by atoms with Gasteiger partial charge in [0.15, 0.2) is 0 Å². The maximum absolute atomic E-state index is 11.8. The third-order valence-electron chi connectivity index (χ3n) is 3.63. The summed E-state index contributed by atoms with van der Waals surface area (Å²) < 4.78 is 0. The van der Waals surface area contributed by atoms with Gasteiger partial charge in [0.1, 0.15) is 0 Å². The van der Waals surface area contributed by atoms with Crippen molar-refractivity contribution < 1.29 is 4.79 Å². The molecule has 1 amide bonds. The summed E-state index contributed by atoms with van der Waals surface area (Å²) in [5.41, 5.74) is 0. The normalized spacial score (nSPS) is 18.7. The highest BCUT2D eigenvalue weighted by Crippen LogP contribution is 2.19. The van der Waals surface area contributed by atoms with Crippen LogP contribution in [0.15, 0.2) is 0 Å². The van der Waals surface area contributed by atoms with E-state index in [1.165, 1.54) is 19.3 Å². The Morgan fingerprint density at radius 3 is 2.44 bits per heavy atom. The van der Waals surface area contributed by atoms with E-state index < -0.39 is 0 Å². The molecule has 0 aliphatic carbocycles. The van der Waals surface area contributed by atoms with Crippen molar-refractivity contribution in [1.82, 2.24) is 9.80 Å².